The molecule has 0 aromatic carbocycles. The van der Waals surface area contributed by atoms with E-state index >= 15 is 0 Å². The van der Waals surface area contributed by atoms with Crippen LogP contribution in [0, 0.1) is 5.92 Å². The number of rotatable bonds is 6. The molecule has 17 heavy (non-hydrogen) atoms. The van der Waals surface area contributed by atoms with Gasteiger partial charge in [0.25, 0.3) is 0 Å². The molecule has 0 bridgehead atoms. The van der Waals surface area contributed by atoms with E-state index in [-0.39, 0.29) is 12.0 Å². The van der Waals surface area contributed by atoms with Gasteiger partial charge in [0.2, 0.25) is 0 Å². The maximum Gasteiger partial charge on any atom is 0.320 e. The molecule has 1 saturated heterocycles. The van der Waals surface area contributed by atoms with Crippen molar-refractivity contribution in [2.45, 2.75) is 32.9 Å². The predicted octanol–water partition coefficient (Wildman–Crippen LogP) is 0.406. The first kappa shape index (κ1) is 14.4. The van der Waals surface area contributed by atoms with Crippen LogP contribution in [0.15, 0.2) is 0 Å². The summed E-state index contributed by atoms with van der Waals surface area (Å²) in [5, 5.41) is 12.3. The Hall–Kier alpha value is -0.650. The van der Waals surface area contributed by atoms with Gasteiger partial charge in [-0.1, -0.05) is 13.8 Å². The molecule has 100 valence electrons. The molecule has 0 spiro atoms. The Balaban J connectivity index is 2.35. The lowest BCUT2D eigenvalue weighted by atomic mass is 10.0. The number of hydrogen-bond acceptors (Lipinski definition) is 4. The van der Waals surface area contributed by atoms with Crippen LogP contribution in [-0.2, 0) is 9.53 Å². The van der Waals surface area contributed by atoms with Crippen LogP contribution in [0.25, 0.3) is 0 Å². The summed E-state index contributed by atoms with van der Waals surface area (Å²) in [5.74, 6) is -0.673. The van der Waals surface area contributed by atoms with Crippen LogP contribution < -0.4 is 5.32 Å². The molecule has 2 N–H and O–H groups in total. The molecular weight excluding hydrogens is 220 g/mol. The van der Waals surface area contributed by atoms with Crippen LogP contribution in [0.1, 0.15) is 20.8 Å². The zero-order valence-electron chi connectivity index (χ0n) is 11.0. The molecule has 0 amide bonds. The number of morpholine rings is 1. The average Bonchev–Trinajstić information content (AvgIpc) is 2.26. The zero-order valence-corrected chi connectivity index (χ0v) is 11.0. The number of nitrogens with one attached hydrogen (secondary N) is 1. The molecule has 5 heteroatoms. The summed E-state index contributed by atoms with van der Waals surface area (Å²) < 4.78 is 5.28. The fourth-order valence-corrected chi connectivity index (χ4v) is 2.08. The van der Waals surface area contributed by atoms with Crippen molar-refractivity contribution >= 4 is 5.97 Å². The summed E-state index contributed by atoms with van der Waals surface area (Å²) in [6.07, 6.45) is 0. The minimum absolute atomic E-state index is 0.0969. The second-order valence-electron chi connectivity index (χ2n) is 5.04. The van der Waals surface area contributed by atoms with Crippen LogP contribution >= 0.6 is 0 Å². The Morgan fingerprint density at radius 3 is 2.41 bits per heavy atom. The molecule has 2 unspecified atom stereocenters. The van der Waals surface area contributed by atoms with Gasteiger partial charge in [0.1, 0.15) is 6.04 Å². The van der Waals surface area contributed by atoms with E-state index in [1.807, 2.05) is 20.8 Å². The van der Waals surface area contributed by atoms with E-state index in [1.54, 1.807) is 0 Å². The van der Waals surface area contributed by atoms with Gasteiger partial charge in [0, 0.05) is 25.7 Å². The monoisotopic (exact) mass is 244 g/mol. The maximum atomic E-state index is 11.1. The fourth-order valence-electron chi connectivity index (χ4n) is 2.08. The van der Waals surface area contributed by atoms with Gasteiger partial charge < -0.3 is 15.2 Å². The Kier molecular flexibility index (Phi) is 5.88. The van der Waals surface area contributed by atoms with Crippen molar-refractivity contribution < 1.29 is 14.6 Å². The molecular formula is C12H24N2O3. The summed E-state index contributed by atoms with van der Waals surface area (Å²) in [5.41, 5.74) is 0. The molecule has 5 nitrogen and oxygen atoms in total. The molecule has 0 saturated carbocycles. The quantitative estimate of drug-likeness (QED) is 0.708. The molecule has 0 aliphatic carbocycles. The summed E-state index contributed by atoms with van der Waals surface area (Å²) in [7, 11) is 0. The molecule has 1 heterocycles. The van der Waals surface area contributed by atoms with E-state index in [9.17, 15) is 4.79 Å². The highest BCUT2D eigenvalue weighted by Gasteiger charge is 2.24. The number of carboxylic acid groups (broad SMARTS) is 1. The van der Waals surface area contributed by atoms with E-state index in [0.717, 1.165) is 32.8 Å². The smallest absolute Gasteiger partial charge is 0.320 e. The highest BCUT2D eigenvalue weighted by Crippen LogP contribution is 2.05. The summed E-state index contributed by atoms with van der Waals surface area (Å²) >= 11 is 0. The van der Waals surface area contributed by atoms with Gasteiger partial charge in [0.05, 0.1) is 13.2 Å². The van der Waals surface area contributed by atoms with Crippen LogP contribution in [-0.4, -0.2) is 60.9 Å². The number of ether oxygens (including phenoxy) is 1. The third kappa shape index (κ3) is 5.02. The molecule has 0 aromatic rings. The van der Waals surface area contributed by atoms with Gasteiger partial charge in [-0.25, -0.2) is 0 Å². The minimum atomic E-state index is -0.770. The first-order chi connectivity index (χ1) is 8.00. The van der Waals surface area contributed by atoms with Crippen molar-refractivity contribution in [1.82, 2.24) is 10.2 Å². The minimum Gasteiger partial charge on any atom is -0.480 e. The van der Waals surface area contributed by atoms with Crippen molar-refractivity contribution in [2.75, 3.05) is 32.8 Å². The third-order valence-corrected chi connectivity index (χ3v) is 3.03. The number of carboxylic acids is 1. The van der Waals surface area contributed by atoms with Crippen molar-refractivity contribution in [3.63, 3.8) is 0 Å². The number of nitrogens with zero attached hydrogens (tertiary/aromatic N) is 1. The number of hydrogen-bond donors (Lipinski definition) is 2. The fraction of sp³-hybridized carbons (Fsp3) is 0.917. The summed E-state index contributed by atoms with van der Waals surface area (Å²) in [6, 6.07) is -0.289. The molecule has 1 aliphatic rings. The zero-order chi connectivity index (χ0) is 12.8. The number of aliphatic carboxylic acids is 1. The Labute approximate surface area is 103 Å². The third-order valence-electron chi connectivity index (χ3n) is 3.03. The standard InChI is InChI=1S/C12H24N2O3/c1-9(2)11(12(15)16)13-10(3)8-14-4-6-17-7-5-14/h9-11,13H,4-8H2,1-3H3,(H,15,16). The van der Waals surface area contributed by atoms with Gasteiger partial charge in [-0.3, -0.25) is 9.69 Å². The second kappa shape index (κ2) is 6.93. The van der Waals surface area contributed by atoms with Crippen LogP contribution in [0.4, 0.5) is 0 Å². The first-order valence-electron chi connectivity index (χ1n) is 6.29. The van der Waals surface area contributed by atoms with Crippen molar-refractivity contribution in [3.8, 4) is 0 Å². The van der Waals surface area contributed by atoms with Crippen LogP contribution in [0.3, 0.4) is 0 Å². The second-order valence-corrected chi connectivity index (χ2v) is 5.04. The molecule has 1 fully saturated rings. The van der Waals surface area contributed by atoms with E-state index in [0.29, 0.717) is 0 Å². The topological polar surface area (TPSA) is 61.8 Å². The van der Waals surface area contributed by atoms with E-state index in [2.05, 4.69) is 10.2 Å². The van der Waals surface area contributed by atoms with Crippen molar-refractivity contribution in [1.29, 1.82) is 0 Å². The molecule has 1 aliphatic heterocycles. The van der Waals surface area contributed by atoms with Gasteiger partial charge in [0.15, 0.2) is 0 Å². The van der Waals surface area contributed by atoms with Gasteiger partial charge in [-0.05, 0) is 12.8 Å². The van der Waals surface area contributed by atoms with Crippen molar-refractivity contribution in [3.05, 3.63) is 0 Å². The maximum absolute atomic E-state index is 11.1. The molecule has 1 rings (SSSR count). The van der Waals surface area contributed by atoms with E-state index in [4.69, 9.17) is 9.84 Å². The summed E-state index contributed by atoms with van der Waals surface area (Å²) in [6.45, 7) is 10.2. The van der Waals surface area contributed by atoms with Crippen LogP contribution in [0.5, 0.6) is 0 Å². The molecule has 2 atom stereocenters. The van der Waals surface area contributed by atoms with E-state index in [1.165, 1.54) is 0 Å². The Morgan fingerprint density at radius 2 is 1.94 bits per heavy atom. The largest absolute Gasteiger partial charge is 0.480 e. The van der Waals surface area contributed by atoms with E-state index < -0.39 is 12.0 Å². The first-order valence-corrected chi connectivity index (χ1v) is 6.29. The van der Waals surface area contributed by atoms with Gasteiger partial charge in [-0.2, -0.15) is 0 Å². The Morgan fingerprint density at radius 1 is 1.35 bits per heavy atom. The normalized spacial score (nSPS) is 21.4. The van der Waals surface area contributed by atoms with Crippen molar-refractivity contribution in [2.24, 2.45) is 5.92 Å². The van der Waals surface area contributed by atoms with Gasteiger partial charge in [-0.15, -0.1) is 0 Å². The SMILES string of the molecule is CC(CN1CCOCC1)NC(C(=O)O)C(C)C. The lowest BCUT2D eigenvalue weighted by Gasteiger charge is -2.31. The Bertz CT molecular complexity index is 240. The predicted molar refractivity (Wildman–Crippen MR) is 66.1 cm³/mol. The molecule has 0 radical (unpaired) electrons. The summed E-state index contributed by atoms with van der Waals surface area (Å²) in [4.78, 5) is 13.4. The molecule has 0 aromatic heterocycles. The number of carbonyl (C=O) groups is 1. The lowest BCUT2D eigenvalue weighted by molar-refractivity contribution is -0.140. The highest BCUT2D eigenvalue weighted by molar-refractivity contribution is 5.73. The average molecular weight is 244 g/mol. The van der Waals surface area contributed by atoms with Gasteiger partial charge >= 0.3 is 5.97 Å². The lowest BCUT2D eigenvalue weighted by Crippen LogP contribution is -2.51. The van der Waals surface area contributed by atoms with Crippen LogP contribution in [0.2, 0.25) is 0 Å². The highest BCUT2D eigenvalue weighted by atomic mass is 16.5.